The molecule has 0 aromatic carbocycles. The maximum Gasteiger partial charge on any atom is 0.100 e. The molecule has 3 unspecified atom stereocenters. The van der Waals surface area contributed by atoms with Gasteiger partial charge in [-0.05, 0) is 51.4 Å². The lowest BCUT2D eigenvalue weighted by molar-refractivity contribution is 0.148. The summed E-state index contributed by atoms with van der Waals surface area (Å²) in [7, 11) is 0. The van der Waals surface area contributed by atoms with E-state index in [1.807, 2.05) is 12.4 Å². The molecular weight excluding hydrogens is 319 g/mol. The second kappa shape index (κ2) is 8.84. The van der Waals surface area contributed by atoms with E-state index in [1.54, 1.807) is 0 Å². The lowest BCUT2D eigenvalue weighted by Gasteiger charge is -2.40. The predicted octanol–water partition coefficient (Wildman–Crippen LogP) is 1.25. The van der Waals surface area contributed by atoms with Crippen LogP contribution >= 0.6 is 0 Å². The molecule has 0 radical (unpaired) electrons. The number of alkyl halides is 1. The standard InChI is InChI=1S/C18H31FN6/c1-12(14-2-4-15(19)5-3-14)23-16-8-13(10-20)9-17(24-16)25-18-11-21-6-7-22-18/h6-7,12-18,21-25H,2-5,8-9,11H2,1H3/t12-,13?,14?,15?,16?,17+,18?/m0/s1. The molecule has 0 amide bonds. The van der Waals surface area contributed by atoms with Gasteiger partial charge in [0.25, 0.3) is 0 Å². The number of nitrogens with zero attached hydrogens (tertiary/aromatic N) is 1. The molecule has 7 heteroatoms. The van der Waals surface area contributed by atoms with Crippen LogP contribution < -0.4 is 26.6 Å². The van der Waals surface area contributed by atoms with E-state index >= 15 is 0 Å². The molecule has 25 heavy (non-hydrogen) atoms. The van der Waals surface area contributed by atoms with Crippen LogP contribution in [0, 0.1) is 23.2 Å². The molecule has 5 N–H and O–H groups in total. The third-order valence-electron chi connectivity index (χ3n) is 5.72. The van der Waals surface area contributed by atoms with E-state index in [0.29, 0.717) is 24.8 Å². The Morgan fingerprint density at radius 3 is 2.56 bits per heavy atom. The first kappa shape index (κ1) is 18.4. The Bertz CT molecular complexity index is 484. The summed E-state index contributed by atoms with van der Waals surface area (Å²) in [6.45, 7) is 3.01. The highest BCUT2D eigenvalue weighted by atomic mass is 19.1. The van der Waals surface area contributed by atoms with Crippen LogP contribution in [0.2, 0.25) is 0 Å². The van der Waals surface area contributed by atoms with Gasteiger partial charge >= 0.3 is 0 Å². The van der Waals surface area contributed by atoms with E-state index in [2.05, 4.69) is 39.6 Å². The number of halogens is 1. The van der Waals surface area contributed by atoms with E-state index in [9.17, 15) is 9.65 Å². The van der Waals surface area contributed by atoms with Crippen molar-refractivity contribution in [3.63, 3.8) is 0 Å². The zero-order valence-corrected chi connectivity index (χ0v) is 15.0. The Hall–Kier alpha value is -1.36. The molecule has 3 rings (SSSR count). The minimum Gasteiger partial charge on any atom is -0.386 e. The highest BCUT2D eigenvalue weighted by molar-refractivity contribution is 4.97. The third kappa shape index (κ3) is 5.30. The van der Waals surface area contributed by atoms with Gasteiger partial charge in [0.15, 0.2) is 0 Å². The predicted molar refractivity (Wildman–Crippen MR) is 95.7 cm³/mol. The summed E-state index contributed by atoms with van der Waals surface area (Å²) in [5.41, 5.74) is 0. The van der Waals surface area contributed by atoms with Crippen molar-refractivity contribution in [1.82, 2.24) is 26.6 Å². The van der Waals surface area contributed by atoms with Gasteiger partial charge in [-0.1, -0.05) is 0 Å². The molecule has 2 heterocycles. The number of piperidine rings is 1. The van der Waals surface area contributed by atoms with Gasteiger partial charge in [0.05, 0.1) is 30.5 Å². The van der Waals surface area contributed by atoms with Crippen molar-refractivity contribution in [1.29, 1.82) is 5.26 Å². The summed E-state index contributed by atoms with van der Waals surface area (Å²) < 4.78 is 13.4. The second-order valence-corrected chi connectivity index (χ2v) is 7.66. The first-order valence-electron chi connectivity index (χ1n) is 9.60. The molecule has 3 aliphatic rings. The maximum atomic E-state index is 13.4. The number of hydrogen-bond acceptors (Lipinski definition) is 6. The van der Waals surface area contributed by atoms with Crippen molar-refractivity contribution in [2.24, 2.45) is 11.8 Å². The first-order valence-corrected chi connectivity index (χ1v) is 9.60. The minimum atomic E-state index is -0.613. The Kier molecular flexibility index (Phi) is 6.51. The smallest absolute Gasteiger partial charge is 0.100 e. The molecule has 1 aliphatic carbocycles. The molecule has 0 spiro atoms. The van der Waals surface area contributed by atoms with Gasteiger partial charge in [-0.2, -0.15) is 5.26 Å². The molecule has 1 saturated carbocycles. The van der Waals surface area contributed by atoms with Crippen molar-refractivity contribution in [2.75, 3.05) is 6.54 Å². The van der Waals surface area contributed by atoms with Crippen LogP contribution in [-0.2, 0) is 0 Å². The van der Waals surface area contributed by atoms with Crippen molar-refractivity contribution < 1.29 is 4.39 Å². The van der Waals surface area contributed by atoms with E-state index in [0.717, 1.165) is 32.2 Å². The fourth-order valence-electron chi connectivity index (χ4n) is 4.23. The van der Waals surface area contributed by atoms with Gasteiger partial charge in [0, 0.05) is 25.0 Å². The molecular formula is C18H31FN6. The Morgan fingerprint density at radius 1 is 1.12 bits per heavy atom. The number of nitrogens with one attached hydrogen (secondary N) is 5. The number of hydrogen-bond donors (Lipinski definition) is 5. The lowest BCUT2D eigenvalue weighted by Crippen LogP contribution is -2.64. The molecule has 2 fully saturated rings. The van der Waals surface area contributed by atoms with Crippen LogP contribution in [0.15, 0.2) is 12.4 Å². The molecule has 2 aliphatic heterocycles. The van der Waals surface area contributed by atoms with Gasteiger partial charge < -0.3 is 10.6 Å². The summed E-state index contributed by atoms with van der Waals surface area (Å²) in [6, 6.07) is 2.77. The van der Waals surface area contributed by atoms with Crippen molar-refractivity contribution in [3.8, 4) is 6.07 Å². The zero-order valence-electron chi connectivity index (χ0n) is 15.0. The fraction of sp³-hybridized carbons (Fsp3) is 0.833. The monoisotopic (exact) mass is 350 g/mol. The van der Waals surface area contributed by atoms with Gasteiger partial charge in [0.1, 0.15) is 6.17 Å². The Morgan fingerprint density at radius 2 is 1.88 bits per heavy atom. The van der Waals surface area contributed by atoms with Crippen molar-refractivity contribution >= 4 is 0 Å². The van der Waals surface area contributed by atoms with Gasteiger partial charge in [-0.15, -0.1) is 0 Å². The maximum absolute atomic E-state index is 13.4. The van der Waals surface area contributed by atoms with Gasteiger partial charge in [0.2, 0.25) is 0 Å². The van der Waals surface area contributed by atoms with Crippen LogP contribution in [0.25, 0.3) is 0 Å². The van der Waals surface area contributed by atoms with E-state index in [4.69, 9.17) is 0 Å². The van der Waals surface area contributed by atoms with Crippen LogP contribution in [0.4, 0.5) is 4.39 Å². The van der Waals surface area contributed by atoms with Crippen LogP contribution in [0.3, 0.4) is 0 Å². The highest BCUT2D eigenvalue weighted by Gasteiger charge is 2.32. The van der Waals surface area contributed by atoms with Crippen LogP contribution in [0.5, 0.6) is 0 Å². The van der Waals surface area contributed by atoms with Crippen LogP contribution in [-0.4, -0.2) is 37.3 Å². The van der Waals surface area contributed by atoms with Crippen molar-refractivity contribution in [3.05, 3.63) is 12.4 Å². The van der Waals surface area contributed by atoms with E-state index in [-0.39, 0.29) is 24.4 Å². The SMILES string of the molecule is C[C@H](NC1CC(C#N)C[C@@H](NC2CNC=CN2)N1)C1CCC(F)CC1. The first-order chi connectivity index (χ1) is 12.1. The summed E-state index contributed by atoms with van der Waals surface area (Å²) in [6.07, 6.45) is 8.43. The van der Waals surface area contributed by atoms with Crippen molar-refractivity contribution in [2.45, 2.75) is 76.2 Å². The average Bonchev–Trinajstić information content (AvgIpc) is 2.63. The summed E-state index contributed by atoms with van der Waals surface area (Å²) in [5.74, 6) is 0.564. The fourth-order valence-corrected chi connectivity index (χ4v) is 4.23. The highest BCUT2D eigenvalue weighted by Crippen LogP contribution is 2.29. The largest absolute Gasteiger partial charge is 0.386 e. The molecule has 6 nitrogen and oxygen atoms in total. The Labute approximate surface area is 150 Å². The minimum absolute atomic E-state index is 0.0390. The second-order valence-electron chi connectivity index (χ2n) is 7.66. The summed E-state index contributed by atoms with van der Waals surface area (Å²) >= 11 is 0. The molecule has 5 atom stereocenters. The van der Waals surface area contributed by atoms with Crippen LogP contribution in [0.1, 0.15) is 45.4 Å². The lowest BCUT2D eigenvalue weighted by atomic mass is 9.83. The molecule has 1 saturated heterocycles. The molecule has 0 aromatic heterocycles. The summed E-state index contributed by atoms with van der Waals surface area (Å²) in [5, 5.41) is 26.7. The number of nitriles is 1. The molecule has 140 valence electrons. The molecule has 0 aromatic rings. The topological polar surface area (TPSA) is 83.9 Å². The third-order valence-corrected chi connectivity index (χ3v) is 5.72. The number of rotatable bonds is 5. The Balaban J connectivity index is 1.51. The van der Waals surface area contributed by atoms with Gasteiger partial charge in [-0.25, -0.2) is 4.39 Å². The normalized spacial score (nSPS) is 39.7. The summed E-state index contributed by atoms with van der Waals surface area (Å²) in [4.78, 5) is 0. The molecule has 0 bridgehead atoms. The van der Waals surface area contributed by atoms with E-state index < -0.39 is 6.17 Å². The average molecular weight is 350 g/mol. The quantitative estimate of drug-likeness (QED) is 0.513. The van der Waals surface area contributed by atoms with E-state index in [1.165, 1.54) is 0 Å². The van der Waals surface area contributed by atoms with Gasteiger partial charge in [-0.3, -0.25) is 16.0 Å². The zero-order chi connectivity index (χ0) is 17.6.